The number of benzene rings is 2. The molecule has 0 spiro atoms. The van der Waals surface area contributed by atoms with Crippen LogP contribution in [0, 0.1) is 0 Å². The summed E-state index contributed by atoms with van der Waals surface area (Å²) >= 11 is 11.9. The number of hydrogen-bond acceptors (Lipinski definition) is 7. The maximum absolute atomic E-state index is 11.8. The number of nitrogens with one attached hydrogen (secondary N) is 2. The average molecular weight is 527 g/mol. The molecule has 0 saturated carbocycles. The number of aromatic nitrogens is 2. The van der Waals surface area contributed by atoms with Crippen molar-refractivity contribution in [3.05, 3.63) is 71.4 Å². The zero-order valence-electron chi connectivity index (χ0n) is 19.5. The average Bonchev–Trinajstić information content (AvgIpc) is 2.87. The summed E-state index contributed by atoms with van der Waals surface area (Å²) in [7, 11) is 0. The van der Waals surface area contributed by atoms with Crippen LogP contribution in [0.25, 0.3) is 0 Å². The molecule has 2 aromatic carbocycles. The summed E-state index contributed by atoms with van der Waals surface area (Å²) in [6, 6.07) is 14.7. The van der Waals surface area contributed by atoms with E-state index < -0.39 is 5.91 Å². The highest BCUT2D eigenvalue weighted by Gasteiger charge is 2.19. The van der Waals surface area contributed by atoms with Gasteiger partial charge in [0.15, 0.2) is 5.82 Å². The molecule has 36 heavy (non-hydrogen) atoms. The van der Waals surface area contributed by atoms with Gasteiger partial charge in [-0.15, -0.1) is 0 Å². The Balaban J connectivity index is 1.41. The summed E-state index contributed by atoms with van der Waals surface area (Å²) in [5.74, 6) is 0.522. The van der Waals surface area contributed by atoms with E-state index >= 15 is 0 Å². The first-order chi connectivity index (χ1) is 17.3. The summed E-state index contributed by atoms with van der Waals surface area (Å²) in [6.45, 7) is 7.98. The first kappa shape index (κ1) is 25.3. The molecule has 1 aromatic heterocycles. The van der Waals surface area contributed by atoms with Crippen LogP contribution in [0.5, 0.6) is 11.8 Å². The Hall–Kier alpha value is -3.82. The predicted molar refractivity (Wildman–Crippen MR) is 141 cm³/mol. The summed E-state index contributed by atoms with van der Waals surface area (Å²) in [4.78, 5) is 35.9. The van der Waals surface area contributed by atoms with Crippen LogP contribution in [0.4, 0.5) is 22.9 Å². The zero-order valence-corrected chi connectivity index (χ0v) is 21.0. The minimum atomic E-state index is -0.492. The summed E-state index contributed by atoms with van der Waals surface area (Å²) < 4.78 is 5.83. The molecule has 9 nitrogen and oxygen atoms in total. The van der Waals surface area contributed by atoms with Crippen LogP contribution in [-0.4, -0.2) is 52.9 Å². The van der Waals surface area contributed by atoms with Crippen molar-refractivity contribution in [1.82, 2.24) is 14.9 Å². The molecule has 2 heterocycles. The van der Waals surface area contributed by atoms with Crippen molar-refractivity contribution < 1.29 is 14.3 Å². The first-order valence-corrected chi connectivity index (χ1v) is 11.9. The molecule has 2 amide bonds. The normalized spacial score (nSPS) is 13.2. The van der Waals surface area contributed by atoms with Crippen LogP contribution >= 0.6 is 23.2 Å². The molecule has 0 radical (unpaired) electrons. The molecule has 1 saturated heterocycles. The third-order valence-corrected chi connectivity index (χ3v) is 5.94. The Morgan fingerprint density at radius 2 is 1.75 bits per heavy atom. The minimum Gasteiger partial charge on any atom is -0.424 e. The van der Waals surface area contributed by atoms with Gasteiger partial charge in [0.25, 0.3) is 5.91 Å². The van der Waals surface area contributed by atoms with Crippen molar-refractivity contribution in [3.8, 4) is 11.8 Å². The number of piperazine rings is 1. The Kier molecular flexibility index (Phi) is 7.92. The highest BCUT2D eigenvalue weighted by Crippen LogP contribution is 2.28. The zero-order chi connectivity index (χ0) is 25.7. The molecular formula is C25H24Cl2N6O3. The third-order valence-electron chi connectivity index (χ3n) is 5.49. The van der Waals surface area contributed by atoms with Gasteiger partial charge in [-0.25, -0.2) is 4.98 Å². The second kappa shape index (κ2) is 11.3. The largest absolute Gasteiger partial charge is 0.424 e. The topological polar surface area (TPSA) is 99.7 Å². The Morgan fingerprint density at radius 3 is 2.42 bits per heavy atom. The van der Waals surface area contributed by atoms with E-state index in [1.54, 1.807) is 31.2 Å². The van der Waals surface area contributed by atoms with Crippen molar-refractivity contribution in [1.29, 1.82) is 0 Å². The second-order valence-corrected chi connectivity index (χ2v) is 8.87. The molecule has 0 aliphatic carbocycles. The van der Waals surface area contributed by atoms with Gasteiger partial charge in [0, 0.05) is 50.2 Å². The van der Waals surface area contributed by atoms with Crippen molar-refractivity contribution >= 4 is 57.9 Å². The number of hydrogen-bond donors (Lipinski definition) is 2. The van der Waals surface area contributed by atoms with Crippen LogP contribution in [-0.2, 0) is 9.59 Å². The lowest BCUT2D eigenvalue weighted by molar-refractivity contribution is -0.129. The van der Waals surface area contributed by atoms with Gasteiger partial charge in [0.1, 0.15) is 10.8 Å². The molecule has 0 unspecified atom stereocenters. The highest BCUT2D eigenvalue weighted by molar-refractivity contribution is 6.43. The summed E-state index contributed by atoms with van der Waals surface area (Å²) in [6.07, 6.45) is 1.44. The van der Waals surface area contributed by atoms with Crippen LogP contribution in [0.1, 0.15) is 6.92 Å². The lowest BCUT2D eigenvalue weighted by Gasteiger charge is -2.35. The highest BCUT2D eigenvalue weighted by atomic mass is 35.5. The van der Waals surface area contributed by atoms with E-state index in [9.17, 15) is 9.59 Å². The number of carbonyl (C=O) groups is 2. The van der Waals surface area contributed by atoms with E-state index in [0.29, 0.717) is 41.1 Å². The number of anilines is 4. The van der Waals surface area contributed by atoms with E-state index in [4.69, 9.17) is 27.9 Å². The number of amides is 2. The van der Waals surface area contributed by atoms with Crippen LogP contribution in [0.2, 0.25) is 5.02 Å². The SMILES string of the molecule is C=C(Cl)C(=O)Nc1cccc(Nc2nc(Oc3ccc(N4CCN(C(C)=O)CC4)cc3)ncc2Cl)c1. The van der Waals surface area contributed by atoms with E-state index in [-0.39, 0.29) is 16.9 Å². The van der Waals surface area contributed by atoms with Gasteiger partial charge >= 0.3 is 6.01 Å². The molecule has 0 atom stereocenters. The fraction of sp³-hybridized carbons (Fsp3) is 0.200. The maximum atomic E-state index is 11.8. The van der Waals surface area contributed by atoms with Gasteiger partial charge in [0.2, 0.25) is 5.91 Å². The fourth-order valence-electron chi connectivity index (χ4n) is 3.61. The molecule has 186 valence electrons. The molecule has 3 aromatic rings. The predicted octanol–water partition coefficient (Wildman–Crippen LogP) is 5.03. The van der Waals surface area contributed by atoms with E-state index in [1.807, 2.05) is 29.2 Å². The molecule has 1 aliphatic heterocycles. The fourth-order valence-corrected chi connectivity index (χ4v) is 3.79. The molecule has 2 N–H and O–H groups in total. The van der Waals surface area contributed by atoms with Crippen molar-refractivity contribution in [2.45, 2.75) is 6.92 Å². The quantitative estimate of drug-likeness (QED) is 0.416. The van der Waals surface area contributed by atoms with Crippen molar-refractivity contribution in [2.24, 2.45) is 0 Å². The monoisotopic (exact) mass is 526 g/mol. The molecule has 11 heteroatoms. The minimum absolute atomic E-state index is 0.104. The van der Waals surface area contributed by atoms with Crippen LogP contribution in [0.15, 0.2) is 66.3 Å². The first-order valence-electron chi connectivity index (χ1n) is 11.1. The van der Waals surface area contributed by atoms with E-state index in [1.165, 1.54) is 6.20 Å². The lowest BCUT2D eigenvalue weighted by Crippen LogP contribution is -2.48. The van der Waals surface area contributed by atoms with Gasteiger partial charge in [-0.3, -0.25) is 9.59 Å². The molecular weight excluding hydrogens is 503 g/mol. The Morgan fingerprint density at radius 1 is 1.06 bits per heavy atom. The standard InChI is InChI=1S/C25H24Cl2N6O3/c1-16(26)24(35)30-19-5-3-4-18(14-19)29-23-22(27)15-28-25(31-23)36-21-8-6-20(7-9-21)33-12-10-32(11-13-33)17(2)34/h3-9,14-15H,1,10-13H2,2H3,(H,30,35)(H,28,29,31). The van der Waals surface area contributed by atoms with Gasteiger partial charge in [-0.05, 0) is 42.5 Å². The van der Waals surface area contributed by atoms with Crippen molar-refractivity contribution in [2.75, 3.05) is 41.7 Å². The molecule has 1 aliphatic rings. The third kappa shape index (κ3) is 6.44. The molecule has 1 fully saturated rings. The Bertz CT molecular complexity index is 1280. The van der Waals surface area contributed by atoms with Gasteiger partial charge in [-0.2, -0.15) is 4.98 Å². The molecule has 4 rings (SSSR count). The number of halogens is 2. The van der Waals surface area contributed by atoms with E-state index in [2.05, 4.69) is 32.1 Å². The number of rotatable bonds is 7. The molecule has 0 bridgehead atoms. The second-order valence-electron chi connectivity index (χ2n) is 8.00. The number of carbonyl (C=O) groups excluding carboxylic acids is 2. The Labute approximate surface area is 218 Å². The van der Waals surface area contributed by atoms with E-state index in [0.717, 1.165) is 18.8 Å². The van der Waals surface area contributed by atoms with Gasteiger partial charge < -0.3 is 25.2 Å². The lowest BCUT2D eigenvalue weighted by atomic mass is 10.2. The van der Waals surface area contributed by atoms with Crippen molar-refractivity contribution in [3.63, 3.8) is 0 Å². The summed E-state index contributed by atoms with van der Waals surface area (Å²) in [5.41, 5.74) is 2.21. The van der Waals surface area contributed by atoms with Crippen LogP contribution < -0.4 is 20.3 Å². The van der Waals surface area contributed by atoms with Gasteiger partial charge in [-0.1, -0.05) is 35.8 Å². The maximum Gasteiger partial charge on any atom is 0.323 e. The number of ether oxygens (including phenoxy) is 1. The smallest absolute Gasteiger partial charge is 0.323 e. The van der Waals surface area contributed by atoms with Crippen LogP contribution in [0.3, 0.4) is 0 Å². The summed E-state index contributed by atoms with van der Waals surface area (Å²) in [5, 5.41) is 5.92. The number of nitrogens with zero attached hydrogens (tertiary/aromatic N) is 4. The van der Waals surface area contributed by atoms with Gasteiger partial charge in [0.05, 0.1) is 11.2 Å².